The van der Waals surface area contributed by atoms with Gasteiger partial charge in [0.05, 0.1) is 0 Å². The zero-order chi connectivity index (χ0) is 16.7. The molecule has 0 radical (unpaired) electrons. The SMILES string of the molecule is O=C(Cn1ccccc1=O)N1CCc2[nH]c3ccc(Br)cc3c2C1. The highest BCUT2D eigenvalue weighted by atomic mass is 79.9. The highest BCUT2D eigenvalue weighted by Gasteiger charge is 2.24. The van der Waals surface area contributed by atoms with Gasteiger partial charge in [-0.1, -0.05) is 22.0 Å². The van der Waals surface area contributed by atoms with Crippen molar-refractivity contribution < 1.29 is 4.79 Å². The molecule has 6 heteroatoms. The number of nitrogens with one attached hydrogen (secondary N) is 1. The van der Waals surface area contributed by atoms with Gasteiger partial charge in [0.2, 0.25) is 5.91 Å². The van der Waals surface area contributed by atoms with Crippen molar-refractivity contribution >= 4 is 32.7 Å². The van der Waals surface area contributed by atoms with E-state index in [1.165, 1.54) is 21.9 Å². The van der Waals surface area contributed by atoms with Crippen LogP contribution in [-0.2, 0) is 24.3 Å². The molecule has 1 amide bonds. The number of rotatable bonds is 2. The van der Waals surface area contributed by atoms with Crippen molar-refractivity contribution in [3.05, 3.63) is 68.7 Å². The lowest BCUT2D eigenvalue weighted by Gasteiger charge is -2.27. The lowest BCUT2D eigenvalue weighted by Crippen LogP contribution is -2.39. The monoisotopic (exact) mass is 385 g/mol. The van der Waals surface area contributed by atoms with Crippen molar-refractivity contribution in [3.63, 3.8) is 0 Å². The number of pyridine rings is 1. The van der Waals surface area contributed by atoms with Gasteiger partial charge in [0, 0.05) is 58.4 Å². The molecule has 0 bridgehead atoms. The Balaban J connectivity index is 1.60. The molecule has 0 atom stereocenters. The highest BCUT2D eigenvalue weighted by molar-refractivity contribution is 9.10. The van der Waals surface area contributed by atoms with Gasteiger partial charge in [0.15, 0.2) is 0 Å². The Morgan fingerprint density at radius 1 is 1.25 bits per heavy atom. The maximum atomic E-state index is 12.6. The minimum Gasteiger partial charge on any atom is -0.358 e. The van der Waals surface area contributed by atoms with E-state index >= 15 is 0 Å². The zero-order valence-corrected chi connectivity index (χ0v) is 14.5. The number of H-pyrrole nitrogens is 1. The van der Waals surface area contributed by atoms with E-state index in [-0.39, 0.29) is 18.0 Å². The van der Waals surface area contributed by atoms with Crippen LogP contribution >= 0.6 is 15.9 Å². The molecule has 1 aliphatic heterocycles. The van der Waals surface area contributed by atoms with Gasteiger partial charge >= 0.3 is 0 Å². The standard InChI is InChI=1S/C18H16BrN3O2/c19-12-4-5-15-13(9-12)14-10-22(8-6-16(14)20-15)18(24)11-21-7-2-1-3-17(21)23/h1-5,7,9,20H,6,8,10-11H2. The second kappa shape index (κ2) is 5.94. The minimum atomic E-state index is -0.153. The van der Waals surface area contributed by atoms with Gasteiger partial charge in [-0.2, -0.15) is 0 Å². The first-order valence-electron chi connectivity index (χ1n) is 7.84. The molecule has 0 saturated heterocycles. The average molecular weight is 386 g/mol. The molecule has 5 nitrogen and oxygen atoms in total. The van der Waals surface area contributed by atoms with Crippen molar-refractivity contribution in [1.29, 1.82) is 0 Å². The highest BCUT2D eigenvalue weighted by Crippen LogP contribution is 2.29. The molecule has 3 aromatic rings. The Bertz CT molecular complexity index is 989. The van der Waals surface area contributed by atoms with Crippen molar-refractivity contribution in [2.24, 2.45) is 0 Å². The van der Waals surface area contributed by atoms with E-state index in [1.54, 1.807) is 18.3 Å². The number of amides is 1. The number of carbonyl (C=O) groups excluding carboxylic acids is 1. The Morgan fingerprint density at radius 3 is 2.96 bits per heavy atom. The molecule has 4 rings (SSSR count). The summed E-state index contributed by atoms with van der Waals surface area (Å²) in [4.78, 5) is 29.7. The van der Waals surface area contributed by atoms with Crippen molar-refractivity contribution in [3.8, 4) is 0 Å². The number of fused-ring (bicyclic) bond motifs is 3. The number of aromatic amines is 1. The zero-order valence-electron chi connectivity index (χ0n) is 13.0. The van der Waals surface area contributed by atoms with Gasteiger partial charge in [-0.15, -0.1) is 0 Å². The van der Waals surface area contributed by atoms with Crippen LogP contribution in [0.2, 0.25) is 0 Å². The summed E-state index contributed by atoms with van der Waals surface area (Å²) in [5.41, 5.74) is 3.31. The number of benzene rings is 1. The lowest BCUT2D eigenvalue weighted by atomic mass is 10.0. The van der Waals surface area contributed by atoms with Crippen molar-refractivity contribution in [2.45, 2.75) is 19.5 Å². The molecule has 3 heterocycles. The third-order valence-electron chi connectivity index (χ3n) is 4.49. The summed E-state index contributed by atoms with van der Waals surface area (Å²) in [5, 5.41) is 1.15. The van der Waals surface area contributed by atoms with Crippen LogP contribution in [0.25, 0.3) is 10.9 Å². The van der Waals surface area contributed by atoms with E-state index in [0.717, 1.165) is 21.8 Å². The molecular formula is C18H16BrN3O2. The quantitative estimate of drug-likeness (QED) is 0.736. The number of nitrogens with zero attached hydrogens (tertiary/aromatic N) is 2. The van der Waals surface area contributed by atoms with Crippen LogP contribution in [0.15, 0.2) is 51.9 Å². The second-order valence-corrected chi connectivity index (χ2v) is 6.92. The predicted octanol–water partition coefficient (Wildman–Crippen LogP) is 2.68. The number of halogens is 1. The van der Waals surface area contributed by atoms with Crippen LogP contribution in [0, 0.1) is 0 Å². The van der Waals surface area contributed by atoms with Crippen molar-refractivity contribution in [2.75, 3.05) is 6.54 Å². The third kappa shape index (κ3) is 2.67. The number of carbonyl (C=O) groups is 1. The van der Waals surface area contributed by atoms with Gasteiger partial charge in [0.1, 0.15) is 6.54 Å². The Kier molecular flexibility index (Phi) is 3.76. The van der Waals surface area contributed by atoms with Gasteiger partial charge < -0.3 is 14.5 Å². The van der Waals surface area contributed by atoms with Gasteiger partial charge in [-0.05, 0) is 24.3 Å². The van der Waals surface area contributed by atoms with Crippen LogP contribution in [0.4, 0.5) is 0 Å². The molecule has 0 unspecified atom stereocenters. The summed E-state index contributed by atoms with van der Waals surface area (Å²) in [6, 6.07) is 11.1. The molecule has 0 saturated carbocycles. The largest absolute Gasteiger partial charge is 0.358 e. The molecule has 1 aliphatic rings. The van der Waals surface area contributed by atoms with Crippen molar-refractivity contribution in [1.82, 2.24) is 14.5 Å². The summed E-state index contributed by atoms with van der Waals surface area (Å²) < 4.78 is 2.47. The number of hydrogen-bond acceptors (Lipinski definition) is 2. The normalized spacial score (nSPS) is 14.0. The van der Waals surface area contributed by atoms with Crippen LogP contribution < -0.4 is 5.56 Å². The van der Waals surface area contributed by atoms with Gasteiger partial charge in [-0.3, -0.25) is 9.59 Å². The van der Waals surface area contributed by atoms with E-state index in [1.807, 2.05) is 17.0 Å². The molecule has 1 aromatic carbocycles. The summed E-state index contributed by atoms with van der Waals surface area (Å²) in [6.45, 7) is 1.33. The van der Waals surface area contributed by atoms with Crippen LogP contribution in [-0.4, -0.2) is 26.9 Å². The number of aromatic nitrogens is 2. The van der Waals surface area contributed by atoms with Gasteiger partial charge in [-0.25, -0.2) is 0 Å². The van der Waals surface area contributed by atoms with E-state index in [0.29, 0.717) is 13.1 Å². The second-order valence-electron chi connectivity index (χ2n) is 6.00. The van der Waals surface area contributed by atoms with Crippen LogP contribution in [0.1, 0.15) is 11.3 Å². The molecule has 2 aromatic heterocycles. The van der Waals surface area contributed by atoms with E-state index in [4.69, 9.17) is 0 Å². The van der Waals surface area contributed by atoms with Gasteiger partial charge in [0.25, 0.3) is 5.56 Å². The predicted molar refractivity (Wildman–Crippen MR) is 95.8 cm³/mol. The summed E-state index contributed by atoms with van der Waals surface area (Å²) in [5.74, 6) is -0.0294. The maximum absolute atomic E-state index is 12.6. The molecule has 1 N–H and O–H groups in total. The molecule has 122 valence electrons. The molecule has 0 fully saturated rings. The first kappa shape index (κ1) is 15.2. The Morgan fingerprint density at radius 2 is 2.12 bits per heavy atom. The van der Waals surface area contributed by atoms with E-state index in [2.05, 4.69) is 27.0 Å². The fourth-order valence-corrected chi connectivity index (χ4v) is 3.60. The first-order valence-corrected chi connectivity index (χ1v) is 8.63. The van der Waals surface area contributed by atoms with Crippen LogP contribution in [0.5, 0.6) is 0 Å². The number of hydrogen-bond donors (Lipinski definition) is 1. The maximum Gasteiger partial charge on any atom is 0.250 e. The summed E-state index contributed by atoms with van der Waals surface area (Å²) >= 11 is 3.51. The molecule has 0 spiro atoms. The Labute approximate surface area is 147 Å². The van der Waals surface area contributed by atoms with E-state index < -0.39 is 0 Å². The molecule has 0 aliphatic carbocycles. The summed E-state index contributed by atoms with van der Waals surface area (Å²) in [6.07, 6.45) is 2.45. The fourth-order valence-electron chi connectivity index (χ4n) is 3.24. The molecular weight excluding hydrogens is 370 g/mol. The molecule has 24 heavy (non-hydrogen) atoms. The minimum absolute atomic E-state index is 0.0294. The Hall–Kier alpha value is -2.34. The average Bonchev–Trinajstić information content (AvgIpc) is 2.94. The fraction of sp³-hybridized carbons (Fsp3) is 0.222. The smallest absolute Gasteiger partial charge is 0.250 e. The lowest BCUT2D eigenvalue weighted by molar-refractivity contribution is -0.132. The van der Waals surface area contributed by atoms with Crippen LogP contribution in [0.3, 0.4) is 0 Å². The summed E-state index contributed by atoms with van der Waals surface area (Å²) in [7, 11) is 0. The van der Waals surface area contributed by atoms with E-state index in [9.17, 15) is 9.59 Å². The third-order valence-corrected chi connectivity index (χ3v) is 4.99. The first-order chi connectivity index (χ1) is 11.6. The topological polar surface area (TPSA) is 58.1 Å².